The number of aliphatic hydroxyl groups is 1. The van der Waals surface area contributed by atoms with E-state index >= 15 is 0 Å². The van der Waals surface area contributed by atoms with E-state index in [2.05, 4.69) is 5.32 Å². The Morgan fingerprint density at radius 1 is 1.35 bits per heavy atom. The van der Waals surface area contributed by atoms with Gasteiger partial charge in [0.15, 0.2) is 0 Å². The van der Waals surface area contributed by atoms with Crippen molar-refractivity contribution in [1.82, 2.24) is 4.90 Å². The third-order valence-corrected chi connectivity index (χ3v) is 3.96. The summed E-state index contributed by atoms with van der Waals surface area (Å²) in [6, 6.07) is 2.78. The number of nitro benzene ring substituents is 1. The second-order valence-electron chi connectivity index (χ2n) is 6.40. The lowest BCUT2D eigenvalue weighted by Gasteiger charge is -2.28. The van der Waals surface area contributed by atoms with E-state index in [1.165, 1.54) is 12.1 Å². The van der Waals surface area contributed by atoms with Gasteiger partial charge in [-0.15, -0.1) is 0 Å². The van der Waals surface area contributed by atoms with Crippen molar-refractivity contribution in [2.45, 2.75) is 19.4 Å². The molecule has 2 N–H and O–H groups in total. The highest BCUT2D eigenvalue weighted by Crippen LogP contribution is 2.39. The summed E-state index contributed by atoms with van der Waals surface area (Å²) in [5.74, 6) is -0.874. The number of carbonyl (C=O) groups excluding carboxylic acids is 2. The molecule has 9 heteroatoms. The van der Waals surface area contributed by atoms with Crippen molar-refractivity contribution in [3.63, 3.8) is 0 Å². The molecular formula is C17H17N3O6. The molecule has 9 nitrogen and oxygen atoms in total. The summed E-state index contributed by atoms with van der Waals surface area (Å²) in [7, 11) is 0. The Bertz CT molecular complexity index is 871. The van der Waals surface area contributed by atoms with Crippen LogP contribution < -0.4 is 10.1 Å². The second-order valence-corrected chi connectivity index (χ2v) is 6.40. The van der Waals surface area contributed by atoms with E-state index in [0.29, 0.717) is 11.3 Å². The molecule has 1 aromatic carbocycles. The number of nitrogens with one attached hydrogen (secondary N) is 1. The van der Waals surface area contributed by atoms with Gasteiger partial charge in [0, 0.05) is 11.6 Å². The van der Waals surface area contributed by atoms with Crippen LogP contribution in [0.3, 0.4) is 0 Å². The van der Waals surface area contributed by atoms with Gasteiger partial charge in [-0.25, -0.2) is 0 Å². The standard InChI is InChI=1S/C17H17N3O6/c1-17(2)4-3-10-7-11(13(20(24)25)9-14(10)26-17)18-12-8-15(22)19(5-6-21)16(12)23/h3-4,7-9,18,21H,5-6H2,1-2H3. The lowest BCUT2D eigenvalue weighted by atomic mass is 10.0. The van der Waals surface area contributed by atoms with Crippen LogP contribution in [-0.2, 0) is 9.59 Å². The van der Waals surface area contributed by atoms with Crippen LogP contribution in [0, 0.1) is 10.1 Å². The molecule has 0 aromatic heterocycles. The third kappa shape index (κ3) is 3.16. The van der Waals surface area contributed by atoms with Crippen molar-refractivity contribution in [3.8, 4) is 5.75 Å². The maximum atomic E-state index is 12.2. The van der Waals surface area contributed by atoms with Crippen molar-refractivity contribution in [2.24, 2.45) is 0 Å². The number of nitro groups is 1. The number of aliphatic hydroxyl groups excluding tert-OH is 1. The fraction of sp³-hybridized carbons (Fsp3) is 0.294. The zero-order valence-electron chi connectivity index (χ0n) is 14.2. The van der Waals surface area contributed by atoms with Gasteiger partial charge in [0.25, 0.3) is 17.5 Å². The summed E-state index contributed by atoms with van der Waals surface area (Å²) in [6.07, 6.45) is 4.65. The first-order valence-corrected chi connectivity index (χ1v) is 7.88. The van der Waals surface area contributed by atoms with Gasteiger partial charge in [-0.2, -0.15) is 0 Å². The van der Waals surface area contributed by atoms with E-state index in [9.17, 15) is 19.7 Å². The molecule has 0 unspecified atom stereocenters. The Balaban J connectivity index is 1.96. The van der Waals surface area contributed by atoms with Gasteiger partial charge in [-0.1, -0.05) is 6.08 Å². The van der Waals surface area contributed by atoms with Gasteiger partial charge >= 0.3 is 0 Å². The third-order valence-electron chi connectivity index (χ3n) is 3.96. The molecule has 0 saturated heterocycles. The van der Waals surface area contributed by atoms with Crippen LogP contribution in [-0.4, -0.2) is 45.5 Å². The van der Waals surface area contributed by atoms with Gasteiger partial charge in [-0.3, -0.25) is 24.6 Å². The first kappa shape index (κ1) is 17.6. The SMILES string of the molecule is CC1(C)C=Cc2cc(NC3=CC(=O)N(CCO)C3=O)c([N+](=O)[O-])cc2O1. The molecule has 0 bridgehead atoms. The monoisotopic (exact) mass is 359 g/mol. The predicted octanol–water partition coefficient (Wildman–Crippen LogP) is 1.44. The molecule has 26 heavy (non-hydrogen) atoms. The number of fused-ring (bicyclic) bond motifs is 1. The zero-order valence-corrected chi connectivity index (χ0v) is 14.2. The molecule has 2 amide bonds. The van der Waals surface area contributed by atoms with Crippen molar-refractivity contribution in [3.05, 3.63) is 45.7 Å². The van der Waals surface area contributed by atoms with Gasteiger partial charge in [0.1, 0.15) is 22.7 Å². The van der Waals surface area contributed by atoms with E-state index < -0.39 is 22.3 Å². The molecule has 136 valence electrons. The number of hydrogen-bond donors (Lipinski definition) is 2. The fourth-order valence-electron chi connectivity index (χ4n) is 2.72. The van der Waals surface area contributed by atoms with Crippen LogP contribution in [0.25, 0.3) is 6.08 Å². The minimum atomic E-state index is -0.649. The van der Waals surface area contributed by atoms with E-state index in [1.807, 2.05) is 19.9 Å². The summed E-state index contributed by atoms with van der Waals surface area (Å²) in [6.45, 7) is 3.15. The van der Waals surface area contributed by atoms with Crippen LogP contribution in [0.15, 0.2) is 30.0 Å². The average molecular weight is 359 g/mol. The second kappa shape index (κ2) is 6.26. The Hall–Kier alpha value is -3.20. The number of ether oxygens (including phenoxy) is 1. The predicted molar refractivity (Wildman–Crippen MR) is 92.3 cm³/mol. The molecule has 2 aliphatic heterocycles. The number of amides is 2. The van der Waals surface area contributed by atoms with Crippen molar-refractivity contribution in [1.29, 1.82) is 0 Å². The number of carbonyl (C=O) groups is 2. The first-order valence-electron chi connectivity index (χ1n) is 7.88. The summed E-state index contributed by atoms with van der Waals surface area (Å²) in [4.78, 5) is 35.7. The quantitative estimate of drug-likeness (QED) is 0.463. The highest BCUT2D eigenvalue weighted by atomic mass is 16.6. The first-order chi connectivity index (χ1) is 12.2. The van der Waals surface area contributed by atoms with Gasteiger partial charge in [0.05, 0.1) is 24.1 Å². The number of imide groups is 1. The maximum absolute atomic E-state index is 12.2. The molecule has 1 aromatic rings. The summed E-state index contributed by atoms with van der Waals surface area (Å²) < 4.78 is 5.73. The average Bonchev–Trinajstić information content (AvgIpc) is 2.81. The van der Waals surface area contributed by atoms with Crippen LogP contribution in [0.5, 0.6) is 5.75 Å². The van der Waals surface area contributed by atoms with Gasteiger partial charge < -0.3 is 15.2 Å². The van der Waals surface area contributed by atoms with Crippen LogP contribution in [0.2, 0.25) is 0 Å². The Morgan fingerprint density at radius 3 is 2.73 bits per heavy atom. The number of rotatable bonds is 5. The number of β-amino-alcohol motifs (C(OH)–C–C–N with tert-alkyl or cyclic N) is 1. The van der Waals surface area contributed by atoms with Crippen LogP contribution in [0.1, 0.15) is 19.4 Å². The van der Waals surface area contributed by atoms with Crippen molar-refractivity contribution < 1.29 is 24.4 Å². The van der Waals surface area contributed by atoms with Gasteiger partial charge in [0.2, 0.25) is 0 Å². The highest BCUT2D eigenvalue weighted by Gasteiger charge is 2.33. The lowest BCUT2D eigenvalue weighted by Crippen LogP contribution is -2.34. The number of hydrogen-bond acceptors (Lipinski definition) is 7. The smallest absolute Gasteiger partial charge is 0.296 e. The lowest BCUT2D eigenvalue weighted by molar-refractivity contribution is -0.384. The Labute approximate surface area is 148 Å². The van der Waals surface area contributed by atoms with Gasteiger partial charge in [-0.05, 0) is 26.0 Å². The number of anilines is 1. The highest BCUT2D eigenvalue weighted by molar-refractivity contribution is 6.17. The minimum Gasteiger partial charge on any atom is -0.483 e. The molecule has 2 aliphatic rings. The molecule has 0 saturated carbocycles. The van der Waals surface area contributed by atoms with E-state index in [1.54, 1.807) is 6.08 Å². The fourth-order valence-corrected chi connectivity index (χ4v) is 2.72. The molecule has 0 radical (unpaired) electrons. The Kier molecular flexibility index (Phi) is 4.25. The van der Waals surface area contributed by atoms with Crippen LogP contribution in [0.4, 0.5) is 11.4 Å². The normalized spacial score (nSPS) is 17.7. The van der Waals surface area contributed by atoms with E-state index in [-0.39, 0.29) is 30.2 Å². The molecule has 0 atom stereocenters. The molecule has 0 spiro atoms. The number of benzene rings is 1. The topological polar surface area (TPSA) is 122 Å². The minimum absolute atomic E-state index is 0.0694. The van der Waals surface area contributed by atoms with Crippen molar-refractivity contribution in [2.75, 3.05) is 18.5 Å². The zero-order chi connectivity index (χ0) is 19.1. The number of nitrogens with zero attached hydrogens (tertiary/aromatic N) is 2. The van der Waals surface area contributed by atoms with E-state index in [0.717, 1.165) is 11.0 Å². The molecule has 0 aliphatic carbocycles. The molecule has 0 fully saturated rings. The summed E-state index contributed by atoms with van der Waals surface area (Å²) in [5, 5.41) is 23.0. The van der Waals surface area contributed by atoms with Crippen molar-refractivity contribution >= 4 is 29.3 Å². The molecular weight excluding hydrogens is 342 g/mol. The van der Waals surface area contributed by atoms with E-state index in [4.69, 9.17) is 9.84 Å². The Morgan fingerprint density at radius 2 is 2.08 bits per heavy atom. The maximum Gasteiger partial charge on any atom is 0.296 e. The van der Waals surface area contributed by atoms with Crippen LogP contribution >= 0.6 is 0 Å². The molecule has 3 rings (SSSR count). The summed E-state index contributed by atoms with van der Waals surface area (Å²) in [5.41, 5.74) is -0.275. The summed E-state index contributed by atoms with van der Waals surface area (Å²) >= 11 is 0. The largest absolute Gasteiger partial charge is 0.483 e. The molecule has 2 heterocycles.